The summed E-state index contributed by atoms with van der Waals surface area (Å²) in [7, 11) is 3.94. The normalized spacial score (nSPS) is 11.3. The maximum absolute atomic E-state index is 14.0. The van der Waals surface area contributed by atoms with E-state index in [1.54, 1.807) is 54.6 Å². The van der Waals surface area contributed by atoms with Gasteiger partial charge < -0.3 is 10.2 Å². The number of halogens is 5. The van der Waals surface area contributed by atoms with E-state index in [9.17, 15) is 18.0 Å². The Labute approximate surface area is 230 Å². The summed E-state index contributed by atoms with van der Waals surface area (Å²) in [6, 6.07) is 18.9. The molecule has 0 aliphatic carbocycles. The minimum Gasteiger partial charge on any atom is -0.352 e. The summed E-state index contributed by atoms with van der Waals surface area (Å²) in [6.07, 6.45) is -2.20. The van der Waals surface area contributed by atoms with E-state index in [2.05, 4.69) is 10.4 Å². The van der Waals surface area contributed by atoms with Gasteiger partial charge in [-0.05, 0) is 75.1 Å². The molecule has 0 atom stereocenters. The highest BCUT2D eigenvalue weighted by Crippen LogP contribution is 2.41. The molecule has 1 amide bonds. The Morgan fingerprint density at radius 1 is 0.974 bits per heavy atom. The highest BCUT2D eigenvalue weighted by Gasteiger charge is 2.35. The van der Waals surface area contributed by atoms with Crippen LogP contribution in [0.3, 0.4) is 0 Å². The molecule has 0 bridgehead atoms. The molecule has 0 radical (unpaired) electrons. The van der Waals surface area contributed by atoms with E-state index >= 15 is 0 Å². The zero-order valence-electron chi connectivity index (χ0n) is 20.8. The molecule has 0 aliphatic rings. The smallest absolute Gasteiger partial charge is 0.352 e. The molecule has 1 aromatic heterocycles. The van der Waals surface area contributed by atoms with Gasteiger partial charge in [0.15, 0.2) is 0 Å². The lowest BCUT2D eigenvalue weighted by molar-refractivity contribution is -0.137. The van der Waals surface area contributed by atoms with Gasteiger partial charge in [-0.2, -0.15) is 18.3 Å². The lowest BCUT2D eigenvalue weighted by Crippen LogP contribution is -2.27. The number of rotatable bonds is 8. The van der Waals surface area contributed by atoms with Crippen LogP contribution in [0.1, 0.15) is 22.3 Å². The third-order valence-electron chi connectivity index (χ3n) is 5.85. The average Bonchev–Trinajstić information content (AvgIpc) is 3.31. The van der Waals surface area contributed by atoms with Gasteiger partial charge in [-0.3, -0.25) is 4.79 Å². The summed E-state index contributed by atoms with van der Waals surface area (Å²) >= 11 is 6.03. The van der Waals surface area contributed by atoms with Gasteiger partial charge in [-0.25, -0.2) is 4.68 Å². The quantitative estimate of drug-likeness (QED) is 0.236. The second-order valence-corrected chi connectivity index (χ2v) is 9.26. The first-order valence-electron chi connectivity index (χ1n) is 11.7. The highest BCUT2D eigenvalue weighted by atomic mass is 35.5. The summed E-state index contributed by atoms with van der Waals surface area (Å²) in [5.41, 5.74) is 1.71. The number of carbonyl (C=O) groups is 1. The van der Waals surface area contributed by atoms with Crippen molar-refractivity contribution in [1.82, 2.24) is 20.0 Å². The molecule has 0 fully saturated rings. The van der Waals surface area contributed by atoms with Gasteiger partial charge in [0.2, 0.25) is 0 Å². The zero-order valence-corrected chi connectivity index (χ0v) is 22.4. The molecule has 0 saturated carbocycles. The SMILES string of the molecule is CN(C)CCCNC(=O)c1ccc(-n2ncc(-c3ccc(Cl)cc3)c2-c2ccccc2C(F)(F)F)cc1.Cl. The minimum atomic E-state index is -4.56. The van der Waals surface area contributed by atoms with E-state index in [0.29, 0.717) is 33.9 Å². The molecule has 4 aromatic rings. The van der Waals surface area contributed by atoms with Crippen LogP contribution in [0.15, 0.2) is 79.0 Å². The Hall–Kier alpha value is -3.33. The van der Waals surface area contributed by atoms with Crippen molar-refractivity contribution in [3.63, 3.8) is 0 Å². The number of aromatic nitrogens is 2. The third kappa shape index (κ3) is 6.75. The fourth-order valence-electron chi connectivity index (χ4n) is 4.03. The molecule has 0 aliphatic heterocycles. The summed E-state index contributed by atoms with van der Waals surface area (Å²) in [6.45, 7) is 1.40. The number of carbonyl (C=O) groups excluding carboxylic acids is 1. The van der Waals surface area contributed by atoms with Gasteiger partial charge in [0, 0.05) is 28.3 Å². The number of hydrogen-bond donors (Lipinski definition) is 1. The molecule has 38 heavy (non-hydrogen) atoms. The molecule has 5 nitrogen and oxygen atoms in total. The summed E-state index contributed by atoms with van der Waals surface area (Å²) in [5.74, 6) is -0.213. The van der Waals surface area contributed by atoms with Crippen LogP contribution in [-0.2, 0) is 6.18 Å². The number of hydrogen-bond acceptors (Lipinski definition) is 3. The van der Waals surface area contributed by atoms with Crippen molar-refractivity contribution in [2.24, 2.45) is 0 Å². The zero-order chi connectivity index (χ0) is 26.6. The Morgan fingerprint density at radius 3 is 2.26 bits per heavy atom. The van der Waals surface area contributed by atoms with Gasteiger partial charge in [0.25, 0.3) is 5.91 Å². The van der Waals surface area contributed by atoms with Crippen LogP contribution in [0.4, 0.5) is 13.2 Å². The predicted molar refractivity (Wildman–Crippen MR) is 147 cm³/mol. The van der Waals surface area contributed by atoms with Crippen molar-refractivity contribution in [3.05, 3.63) is 95.1 Å². The van der Waals surface area contributed by atoms with Crippen LogP contribution in [0.2, 0.25) is 5.02 Å². The first-order valence-corrected chi connectivity index (χ1v) is 12.1. The topological polar surface area (TPSA) is 50.2 Å². The van der Waals surface area contributed by atoms with E-state index < -0.39 is 11.7 Å². The van der Waals surface area contributed by atoms with Crippen molar-refractivity contribution in [2.45, 2.75) is 12.6 Å². The Bertz CT molecular complexity index is 1370. The molecule has 1 N–H and O–H groups in total. The molecule has 10 heteroatoms. The fraction of sp³-hybridized carbons (Fsp3) is 0.214. The summed E-state index contributed by atoms with van der Waals surface area (Å²) < 4.78 is 43.4. The van der Waals surface area contributed by atoms with Crippen LogP contribution in [0.25, 0.3) is 28.1 Å². The van der Waals surface area contributed by atoms with Crippen LogP contribution in [-0.4, -0.2) is 47.8 Å². The van der Waals surface area contributed by atoms with Crippen molar-refractivity contribution >= 4 is 29.9 Å². The summed E-state index contributed by atoms with van der Waals surface area (Å²) in [4.78, 5) is 14.6. The van der Waals surface area contributed by atoms with Crippen molar-refractivity contribution in [2.75, 3.05) is 27.2 Å². The van der Waals surface area contributed by atoms with Crippen LogP contribution in [0, 0.1) is 0 Å². The van der Waals surface area contributed by atoms with Gasteiger partial charge in [-0.15, -0.1) is 12.4 Å². The van der Waals surface area contributed by atoms with Crippen molar-refractivity contribution in [1.29, 1.82) is 0 Å². The lowest BCUT2D eigenvalue weighted by Gasteiger charge is -2.16. The minimum absolute atomic E-state index is 0. The summed E-state index contributed by atoms with van der Waals surface area (Å²) in [5, 5.41) is 7.85. The molecule has 4 rings (SSSR count). The Balaban J connectivity index is 0.00000400. The van der Waals surface area contributed by atoms with E-state index in [4.69, 9.17) is 11.6 Å². The third-order valence-corrected chi connectivity index (χ3v) is 6.11. The molecule has 1 heterocycles. The second-order valence-electron chi connectivity index (χ2n) is 8.83. The number of nitrogens with zero attached hydrogens (tertiary/aromatic N) is 3. The Morgan fingerprint density at radius 2 is 1.63 bits per heavy atom. The average molecular weight is 563 g/mol. The van der Waals surface area contributed by atoms with E-state index in [0.717, 1.165) is 19.0 Å². The van der Waals surface area contributed by atoms with Crippen molar-refractivity contribution in [3.8, 4) is 28.1 Å². The molecule has 3 aromatic carbocycles. The predicted octanol–water partition coefficient (Wildman–Crippen LogP) is 6.98. The maximum Gasteiger partial charge on any atom is 0.417 e. The fourth-order valence-corrected chi connectivity index (χ4v) is 4.16. The first kappa shape index (κ1) is 29.2. The molecular formula is C28H27Cl2F3N4O. The second kappa shape index (κ2) is 12.5. The van der Waals surface area contributed by atoms with Gasteiger partial charge in [-0.1, -0.05) is 41.9 Å². The maximum atomic E-state index is 14.0. The van der Waals surface area contributed by atoms with E-state index in [1.807, 2.05) is 19.0 Å². The van der Waals surface area contributed by atoms with E-state index in [-0.39, 0.29) is 29.6 Å². The number of benzene rings is 3. The van der Waals surface area contributed by atoms with Crippen LogP contribution in [0.5, 0.6) is 0 Å². The molecule has 0 spiro atoms. The van der Waals surface area contributed by atoms with Gasteiger partial charge in [0.1, 0.15) is 0 Å². The monoisotopic (exact) mass is 562 g/mol. The Kier molecular flexibility index (Phi) is 9.60. The van der Waals surface area contributed by atoms with Gasteiger partial charge >= 0.3 is 6.18 Å². The number of nitrogens with one attached hydrogen (secondary N) is 1. The molecular weight excluding hydrogens is 536 g/mol. The van der Waals surface area contributed by atoms with E-state index in [1.165, 1.54) is 23.0 Å². The molecule has 0 unspecified atom stereocenters. The standard InChI is InChI=1S/C28H26ClF3N4O.ClH/c1-35(2)17-5-16-33-27(37)20-10-14-22(15-11-20)36-26(23-6-3-4-7-25(23)28(30,31)32)24(18-34-36)19-8-12-21(29)13-9-19;/h3-4,6-15,18H,5,16-17H2,1-2H3,(H,33,37);1H. The largest absolute Gasteiger partial charge is 0.417 e. The van der Waals surface area contributed by atoms with Gasteiger partial charge in [0.05, 0.1) is 23.1 Å². The van der Waals surface area contributed by atoms with Crippen molar-refractivity contribution < 1.29 is 18.0 Å². The number of alkyl halides is 3. The first-order chi connectivity index (χ1) is 17.6. The molecule has 0 saturated heterocycles. The molecule has 200 valence electrons. The van der Waals surface area contributed by atoms with Crippen LogP contribution >= 0.6 is 24.0 Å². The number of amides is 1. The van der Waals surface area contributed by atoms with Crippen LogP contribution < -0.4 is 5.32 Å². The highest BCUT2D eigenvalue weighted by molar-refractivity contribution is 6.30. The lowest BCUT2D eigenvalue weighted by atomic mass is 9.97.